The number of rotatable bonds is 8. The summed E-state index contributed by atoms with van der Waals surface area (Å²) >= 11 is 1.14. The molecule has 0 aliphatic rings. The van der Waals surface area contributed by atoms with Gasteiger partial charge in [-0.3, -0.25) is 10.2 Å². The van der Waals surface area contributed by atoms with Gasteiger partial charge >= 0.3 is 0 Å². The molecular weight excluding hydrogens is 334 g/mol. The van der Waals surface area contributed by atoms with Crippen LogP contribution in [0.4, 0.5) is 5.95 Å². The van der Waals surface area contributed by atoms with Crippen molar-refractivity contribution in [2.24, 2.45) is 5.84 Å². The Hall–Kier alpha value is -2.66. The van der Waals surface area contributed by atoms with Crippen LogP contribution in [0.2, 0.25) is 0 Å². The van der Waals surface area contributed by atoms with Gasteiger partial charge in [-0.25, -0.2) is 10.5 Å². The van der Waals surface area contributed by atoms with Gasteiger partial charge in [-0.05, 0) is 6.07 Å². The highest BCUT2D eigenvalue weighted by atomic mass is 32.2. The summed E-state index contributed by atoms with van der Waals surface area (Å²) in [6.07, 6.45) is 0. The number of nitrogen functional groups attached to an aromatic ring is 2. The van der Waals surface area contributed by atoms with E-state index < -0.39 is 0 Å². The highest BCUT2D eigenvalue weighted by Gasteiger charge is 2.13. The maximum absolute atomic E-state index is 12.0. The third-order valence-corrected chi connectivity index (χ3v) is 4.03. The molecule has 1 aromatic carbocycles. The molecule has 0 bridgehead atoms. The molecule has 0 saturated carbocycles. The number of hydrogen-bond acceptors (Lipinski definition) is 9. The predicted molar refractivity (Wildman–Crippen MR) is 90.1 cm³/mol. The molecule has 0 fully saturated rings. The Bertz CT molecular complexity index is 707. The van der Waals surface area contributed by atoms with E-state index in [2.05, 4.69) is 20.9 Å². The third kappa shape index (κ3) is 4.00. The van der Waals surface area contributed by atoms with E-state index in [9.17, 15) is 4.79 Å². The lowest BCUT2D eigenvalue weighted by atomic mass is 10.2. The molecule has 0 atom stereocenters. The SMILES string of the molecule is COc1cccc(CNC(=O)CSc2nnc(NN)n2N)c1OC. The van der Waals surface area contributed by atoms with Crippen LogP contribution in [0.15, 0.2) is 23.4 Å². The van der Waals surface area contributed by atoms with Crippen molar-refractivity contribution in [1.82, 2.24) is 20.2 Å². The zero-order chi connectivity index (χ0) is 17.5. The smallest absolute Gasteiger partial charge is 0.258 e. The zero-order valence-electron chi connectivity index (χ0n) is 13.3. The number of methoxy groups -OCH3 is 2. The molecule has 0 aliphatic heterocycles. The van der Waals surface area contributed by atoms with Crippen LogP contribution in [0, 0.1) is 0 Å². The maximum atomic E-state index is 12.0. The van der Waals surface area contributed by atoms with E-state index in [0.717, 1.165) is 17.3 Å². The minimum absolute atomic E-state index is 0.131. The topological polar surface area (TPSA) is 142 Å². The minimum Gasteiger partial charge on any atom is -0.493 e. The van der Waals surface area contributed by atoms with Crippen LogP contribution >= 0.6 is 11.8 Å². The largest absolute Gasteiger partial charge is 0.493 e. The van der Waals surface area contributed by atoms with Crippen molar-refractivity contribution < 1.29 is 14.3 Å². The molecule has 2 rings (SSSR count). The maximum Gasteiger partial charge on any atom is 0.258 e. The summed E-state index contributed by atoms with van der Waals surface area (Å²) in [5.41, 5.74) is 3.11. The molecule has 10 nitrogen and oxygen atoms in total. The molecule has 0 spiro atoms. The van der Waals surface area contributed by atoms with E-state index in [1.807, 2.05) is 12.1 Å². The van der Waals surface area contributed by atoms with Gasteiger partial charge < -0.3 is 20.6 Å². The van der Waals surface area contributed by atoms with Crippen LogP contribution in [0.25, 0.3) is 0 Å². The van der Waals surface area contributed by atoms with E-state index in [-0.39, 0.29) is 17.6 Å². The quantitative estimate of drug-likeness (QED) is 0.286. The number of aromatic nitrogens is 3. The van der Waals surface area contributed by atoms with Crippen LogP contribution in [0.5, 0.6) is 11.5 Å². The Balaban J connectivity index is 1.90. The van der Waals surface area contributed by atoms with Crippen molar-refractivity contribution >= 4 is 23.6 Å². The van der Waals surface area contributed by atoms with Crippen molar-refractivity contribution in [3.8, 4) is 11.5 Å². The fourth-order valence-electron chi connectivity index (χ4n) is 1.94. The van der Waals surface area contributed by atoms with Crippen LogP contribution in [0.3, 0.4) is 0 Å². The number of nitrogens with two attached hydrogens (primary N) is 2. The van der Waals surface area contributed by atoms with Crippen LogP contribution in [-0.2, 0) is 11.3 Å². The fraction of sp³-hybridized carbons (Fsp3) is 0.308. The fourth-order valence-corrected chi connectivity index (χ4v) is 2.63. The monoisotopic (exact) mass is 353 g/mol. The van der Waals surface area contributed by atoms with Gasteiger partial charge in [0.1, 0.15) is 0 Å². The van der Waals surface area contributed by atoms with Crippen molar-refractivity contribution in [2.45, 2.75) is 11.7 Å². The molecule has 11 heteroatoms. The first-order chi connectivity index (χ1) is 11.6. The lowest BCUT2D eigenvalue weighted by Crippen LogP contribution is -2.25. The number of para-hydroxylation sites is 1. The Morgan fingerprint density at radius 2 is 2.12 bits per heavy atom. The highest BCUT2D eigenvalue weighted by molar-refractivity contribution is 7.99. The number of carbonyl (C=O) groups is 1. The van der Waals surface area contributed by atoms with Gasteiger partial charge in [-0.15, -0.1) is 10.2 Å². The lowest BCUT2D eigenvalue weighted by molar-refractivity contribution is -0.118. The Kier molecular flexibility index (Phi) is 6.09. The second-order valence-electron chi connectivity index (χ2n) is 4.54. The number of hydrazine groups is 1. The molecule has 2 aromatic rings. The lowest BCUT2D eigenvalue weighted by Gasteiger charge is -2.13. The number of nitrogens with one attached hydrogen (secondary N) is 2. The third-order valence-electron chi connectivity index (χ3n) is 3.09. The molecular formula is C13H19N7O3S. The Labute approximate surface area is 142 Å². The number of nitrogens with zero attached hydrogens (tertiary/aromatic N) is 3. The predicted octanol–water partition coefficient (Wildman–Crippen LogP) is -0.297. The molecule has 130 valence electrons. The normalized spacial score (nSPS) is 10.3. The molecule has 0 unspecified atom stereocenters. The van der Waals surface area contributed by atoms with Gasteiger partial charge in [0, 0.05) is 12.1 Å². The van der Waals surface area contributed by atoms with Gasteiger partial charge in [0.15, 0.2) is 11.5 Å². The standard InChI is InChI=1S/C13H19N7O3S/c1-22-9-5-3-4-8(11(9)23-2)6-16-10(21)7-24-13-19-18-12(17-14)20(13)15/h3-5H,6-7,14-15H2,1-2H3,(H,16,21)(H,17,18). The van der Waals surface area contributed by atoms with Crippen molar-refractivity contribution in [2.75, 3.05) is 31.2 Å². The number of thioether (sulfide) groups is 1. The minimum atomic E-state index is -0.185. The number of carbonyl (C=O) groups excluding carboxylic acids is 1. The molecule has 0 radical (unpaired) electrons. The molecule has 1 amide bonds. The average Bonchev–Trinajstić information content (AvgIpc) is 2.97. The molecule has 24 heavy (non-hydrogen) atoms. The zero-order valence-corrected chi connectivity index (χ0v) is 14.1. The summed E-state index contributed by atoms with van der Waals surface area (Å²) < 4.78 is 11.7. The first kappa shape index (κ1) is 17.7. The van der Waals surface area contributed by atoms with Crippen molar-refractivity contribution in [1.29, 1.82) is 0 Å². The van der Waals surface area contributed by atoms with Gasteiger partial charge in [-0.2, -0.15) is 0 Å². The van der Waals surface area contributed by atoms with Crippen LogP contribution in [0.1, 0.15) is 5.56 Å². The first-order valence-corrected chi connectivity index (χ1v) is 7.85. The molecule has 6 N–H and O–H groups in total. The number of amides is 1. The summed E-state index contributed by atoms with van der Waals surface area (Å²) in [4.78, 5) is 12.0. The van der Waals surface area contributed by atoms with Gasteiger partial charge in [0.2, 0.25) is 11.1 Å². The summed E-state index contributed by atoms with van der Waals surface area (Å²) in [6, 6.07) is 5.47. The summed E-state index contributed by atoms with van der Waals surface area (Å²) in [5, 5.41) is 10.7. The summed E-state index contributed by atoms with van der Waals surface area (Å²) in [7, 11) is 3.11. The number of benzene rings is 1. The van der Waals surface area contributed by atoms with Gasteiger partial charge in [0.25, 0.3) is 5.95 Å². The number of anilines is 1. The molecule has 1 heterocycles. The number of ether oxygens (including phenoxy) is 2. The van der Waals surface area contributed by atoms with Crippen molar-refractivity contribution in [3.63, 3.8) is 0 Å². The van der Waals surface area contributed by atoms with E-state index in [1.165, 1.54) is 4.68 Å². The van der Waals surface area contributed by atoms with E-state index >= 15 is 0 Å². The second kappa shape index (κ2) is 8.26. The Morgan fingerprint density at radius 3 is 2.75 bits per heavy atom. The average molecular weight is 353 g/mol. The summed E-state index contributed by atoms with van der Waals surface area (Å²) in [6.45, 7) is 0.310. The Morgan fingerprint density at radius 1 is 1.33 bits per heavy atom. The van der Waals surface area contributed by atoms with E-state index in [1.54, 1.807) is 20.3 Å². The first-order valence-electron chi connectivity index (χ1n) is 6.87. The van der Waals surface area contributed by atoms with E-state index in [0.29, 0.717) is 23.2 Å². The molecule has 0 saturated heterocycles. The molecule has 0 aliphatic carbocycles. The summed E-state index contributed by atoms with van der Waals surface area (Å²) in [5.74, 6) is 12.3. The van der Waals surface area contributed by atoms with Crippen LogP contribution < -0.4 is 31.9 Å². The van der Waals surface area contributed by atoms with Crippen molar-refractivity contribution in [3.05, 3.63) is 23.8 Å². The van der Waals surface area contributed by atoms with E-state index in [4.69, 9.17) is 21.2 Å². The van der Waals surface area contributed by atoms with Gasteiger partial charge in [0.05, 0.1) is 20.0 Å². The second-order valence-corrected chi connectivity index (χ2v) is 5.48. The highest BCUT2D eigenvalue weighted by Crippen LogP contribution is 2.30. The number of hydrogen-bond donors (Lipinski definition) is 4. The molecule has 1 aromatic heterocycles. The van der Waals surface area contributed by atoms with Gasteiger partial charge in [-0.1, -0.05) is 23.9 Å². The van der Waals surface area contributed by atoms with Crippen LogP contribution in [-0.4, -0.2) is 40.8 Å².